The molecule has 2 aliphatic heterocycles. The highest BCUT2D eigenvalue weighted by Gasteiger charge is 2.19. The van der Waals surface area contributed by atoms with Crippen molar-refractivity contribution in [3.8, 4) is 0 Å². The summed E-state index contributed by atoms with van der Waals surface area (Å²) in [6.07, 6.45) is 0. The summed E-state index contributed by atoms with van der Waals surface area (Å²) in [4.78, 5) is 7.12. The quantitative estimate of drug-likeness (QED) is 0.858. The molecule has 0 spiro atoms. The summed E-state index contributed by atoms with van der Waals surface area (Å²) >= 11 is 0. The maximum Gasteiger partial charge on any atom is 0.129 e. The van der Waals surface area contributed by atoms with Crippen LogP contribution in [-0.4, -0.2) is 62.2 Å². The van der Waals surface area contributed by atoms with Crippen molar-refractivity contribution in [3.63, 3.8) is 0 Å². The Labute approximate surface area is 167 Å². The van der Waals surface area contributed by atoms with Crippen molar-refractivity contribution in [2.24, 2.45) is 0 Å². The lowest BCUT2D eigenvalue weighted by molar-refractivity contribution is 0.230. The molecule has 28 heavy (non-hydrogen) atoms. The third-order valence-electron chi connectivity index (χ3n) is 6.03. The van der Waals surface area contributed by atoms with E-state index in [1.54, 1.807) is 6.07 Å². The smallest absolute Gasteiger partial charge is 0.129 e. The van der Waals surface area contributed by atoms with Crippen molar-refractivity contribution in [1.82, 2.24) is 15.1 Å². The molecule has 4 rings (SSSR count). The van der Waals surface area contributed by atoms with Crippen LogP contribution in [0.15, 0.2) is 42.5 Å². The molecule has 4 nitrogen and oxygen atoms in total. The largest absolute Gasteiger partial charge is 0.369 e. The number of halogens is 1. The minimum Gasteiger partial charge on any atom is -0.369 e. The SMILES string of the molecule is Cc1ccccc1CN1CCN(c2ccc(CN3CCNCC3)c(F)c2)CC1. The zero-order valence-corrected chi connectivity index (χ0v) is 16.8. The molecule has 2 heterocycles. The van der Waals surface area contributed by atoms with Gasteiger partial charge < -0.3 is 10.2 Å². The van der Waals surface area contributed by atoms with Crippen molar-refractivity contribution in [3.05, 3.63) is 65.0 Å². The van der Waals surface area contributed by atoms with E-state index in [4.69, 9.17) is 0 Å². The molecule has 2 aliphatic rings. The van der Waals surface area contributed by atoms with E-state index in [0.717, 1.165) is 70.2 Å². The van der Waals surface area contributed by atoms with Crippen molar-refractivity contribution in [2.45, 2.75) is 20.0 Å². The number of nitrogens with one attached hydrogen (secondary N) is 1. The molecule has 2 saturated heterocycles. The van der Waals surface area contributed by atoms with Gasteiger partial charge in [-0.1, -0.05) is 30.3 Å². The lowest BCUT2D eigenvalue weighted by Crippen LogP contribution is -2.46. The molecule has 2 aromatic carbocycles. The van der Waals surface area contributed by atoms with Crippen LogP contribution in [0.3, 0.4) is 0 Å². The minimum absolute atomic E-state index is 0.0710. The summed E-state index contributed by atoms with van der Waals surface area (Å²) in [6, 6.07) is 14.4. The number of piperazine rings is 2. The molecule has 0 bridgehead atoms. The molecule has 150 valence electrons. The molecule has 0 amide bonds. The lowest BCUT2D eigenvalue weighted by Gasteiger charge is -2.36. The van der Waals surface area contributed by atoms with Crippen LogP contribution in [0, 0.1) is 12.7 Å². The maximum atomic E-state index is 14.7. The van der Waals surface area contributed by atoms with Crippen LogP contribution in [0.2, 0.25) is 0 Å². The summed E-state index contributed by atoms with van der Waals surface area (Å²) in [5.74, 6) is -0.0710. The standard InChI is InChI=1S/C23H31FN4/c1-19-4-2-3-5-20(19)17-27-12-14-28(15-13-27)22-7-6-21(23(24)16-22)18-26-10-8-25-9-11-26/h2-7,16,25H,8-15,17-18H2,1H3. The first-order chi connectivity index (χ1) is 13.7. The Balaban J connectivity index is 1.33. The Hall–Kier alpha value is -1.95. The van der Waals surface area contributed by atoms with Crippen LogP contribution >= 0.6 is 0 Å². The Morgan fingerprint density at radius 3 is 2.21 bits per heavy atom. The average molecular weight is 383 g/mol. The number of rotatable bonds is 5. The number of benzene rings is 2. The first-order valence-corrected chi connectivity index (χ1v) is 10.4. The van der Waals surface area contributed by atoms with Crippen molar-refractivity contribution < 1.29 is 4.39 Å². The van der Waals surface area contributed by atoms with Crippen LogP contribution < -0.4 is 10.2 Å². The van der Waals surface area contributed by atoms with Gasteiger partial charge in [0.2, 0.25) is 0 Å². The van der Waals surface area contributed by atoms with Gasteiger partial charge in [0.05, 0.1) is 0 Å². The van der Waals surface area contributed by atoms with E-state index in [1.165, 1.54) is 11.1 Å². The van der Waals surface area contributed by atoms with E-state index in [2.05, 4.69) is 57.3 Å². The first-order valence-electron chi connectivity index (χ1n) is 10.4. The van der Waals surface area contributed by atoms with E-state index in [0.29, 0.717) is 6.54 Å². The third-order valence-corrected chi connectivity index (χ3v) is 6.03. The molecule has 0 aliphatic carbocycles. The van der Waals surface area contributed by atoms with Gasteiger partial charge in [0, 0.05) is 76.7 Å². The predicted octanol–water partition coefficient (Wildman–Crippen LogP) is 2.86. The fraction of sp³-hybridized carbons (Fsp3) is 0.478. The number of hydrogen-bond acceptors (Lipinski definition) is 4. The zero-order chi connectivity index (χ0) is 19.3. The van der Waals surface area contributed by atoms with Gasteiger partial charge in [0.25, 0.3) is 0 Å². The van der Waals surface area contributed by atoms with Gasteiger partial charge in [-0.3, -0.25) is 9.80 Å². The third kappa shape index (κ3) is 4.72. The van der Waals surface area contributed by atoms with Crippen molar-refractivity contribution in [1.29, 1.82) is 0 Å². The van der Waals surface area contributed by atoms with Gasteiger partial charge in [-0.25, -0.2) is 4.39 Å². The van der Waals surface area contributed by atoms with Crippen LogP contribution in [0.1, 0.15) is 16.7 Å². The summed E-state index contributed by atoms with van der Waals surface area (Å²) in [7, 11) is 0. The molecule has 0 unspecified atom stereocenters. The van der Waals surface area contributed by atoms with Gasteiger partial charge in [-0.2, -0.15) is 0 Å². The molecule has 0 radical (unpaired) electrons. The minimum atomic E-state index is -0.0710. The maximum absolute atomic E-state index is 14.7. The number of hydrogen-bond donors (Lipinski definition) is 1. The average Bonchev–Trinajstić information content (AvgIpc) is 2.73. The second-order valence-corrected chi connectivity index (χ2v) is 7.99. The molecular formula is C23H31FN4. The molecule has 2 fully saturated rings. The molecular weight excluding hydrogens is 351 g/mol. The highest BCUT2D eigenvalue weighted by Crippen LogP contribution is 2.22. The van der Waals surface area contributed by atoms with E-state index in [-0.39, 0.29) is 5.82 Å². The normalized spacial score (nSPS) is 19.1. The summed E-state index contributed by atoms with van der Waals surface area (Å²) in [5.41, 5.74) is 4.58. The first kappa shape index (κ1) is 19.4. The van der Waals surface area contributed by atoms with Crippen LogP contribution in [0.5, 0.6) is 0 Å². The van der Waals surface area contributed by atoms with Gasteiger partial charge in [0.1, 0.15) is 5.82 Å². The molecule has 0 saturated carbocycles. The second-order valence-electron chi connectivity index (χ2n) is 7.99. The van der Waals surface area contributed by atoms with Crippen molar-refractivity contribution in [2.75, 3.05) is 57.3 Å². The Bertz CT molecular complexity index is 780. The van der Waals surface area contributed by atoms with Gasteiger partial charge >= 0.3 is 0 Å². The van der Waals surface area contributed by atoms with Gasteiger partial charge in [-0.15, -0.1) is 0 Å². The fourth-order valence-corrected chi connectivity index (χ4v) is 4.16. The summed E-state index contributed by atoms with van der Waals surface area (Å²) in [6.45, 7) is 11.8. The number of nitrogens with zero attached hydrogens (tertiary/aromatic N) is 3. The Morgan fingerprint density at radius 1 is 0.821 bits per heavy atom. The Kier molecular flexibility index (Phi) is 6.25. The van der Waals surface area contributed by atoms with Gasteiger partial charge in [0.15, 0.2) is 0 Å². The molecule has 1 N–H and O–H groups in total. The number of aryl methyl sites for hydroxylation is 1. The van der Waals surface area contributed by atoms with Crippen LogP contribution in [0.4, 0.5) is 10.1 Å². The topological polar surface area (TPSA) is 21.8 Å². The fourth-order valence-electron chi connectivity index (χ4n) is 4.16. The number of anilines is 1. The van der Waals surface area contributed by atoms with Crippen molar-refractivity contribution >= 4 is 5.69 Å². The van der Waals surface area contributed by atoms with E-state index >= 15 is 0 Å². The van der Waals surface area contributed by atoms with Gasteiger partial charge in [-0.05, 0) is 30.2 Å². The molecule has 0 atom stereocenters. The van der Waals surface area contributed by atoms with E-state index in [9.17, 15) is 4.39 Å². The molecule has 5 heteroatoms. The van der Waals surface area contributed by atoms with Crippen LogP contribution in [-0.2, 0) is 13.1 Å². The van der Waals surface area contributed by atoms with E-state index in [1.807, 2.05) is 6.07 Å². The molecule has 0 aromatic heterocycles. The summed E-state index contributed by atoms with van der Waals surface area (Å²) < 4.78 is 14.7. The van der Waals surface area contributed by atoms with E-state index < -0.39 is 0 Å². The highest BCUT2D eigenvalue weighted by atomic mass is 19.1. The lowest BCUT2D eigenvalue weighted by atomic mass is 10.1. The zero-order valence-electron chi connectivity index (χ0n) is 16.8. The highest BCUT2D eigenvalue weighted by molar-refractivity contribution is 5.48. The predicted molar refractivity (Wildman–Crippen MR) is 113 cm³/mol. The second kappa shape index (κ2) is 9.03. The Morgan fingerprint density at radius 2 is 1.50 bits per heavy atom. The summed E-state index contributed by atoms with van der Waals surface area (Å²) in [5, 5.41) is 3.34. The monoisotopic (exact) mass is 382 g/mol. The van der Waals surface area contributed by atoms with Crippen LogP contribution in [0.25, 0.3) is 0 Å². The molecule has 2 aromatic rings.